The molecule has 0 N–H and O–H groups in total. The number of hydrogen-bond donors (Lipinski definition) is 0. The molecule has 0 bridgehead atoms. The Morgan fingerprint density at radius 1 is 1.28 bits per heavy atom. The number of hydrogen-bond acceptors (Lipinski definition) is 4. The van der Waals surface area contributed by atoms with Crippen LogP contribution in [0.4, 0.5) is 4.39 Å². The molecule has 136 valence electrons. The molecule has 1 aliphatic heterocycles. The molecule has 1 aliphatic rings. The Morgan fingerprint density at radius 3 is 2.56 bits per heavy atom. The van der Waals surface area contributed by atoms with E-state index in [9.17, 15) is 14.0 Å². The van der Waals surface area contributed by atoms with Crippen LogP contribution in [0.3, 0.4) is 0 Å². The normalized spacial score (nSPS) is 20.6. The summed E-state index contributed by atoms with van der Waals surface area (Å²) in [6, 6.07) is 4.67. The summed E-state index contributed by atoms with van der Waals surface area (Å²) in [5.74, 6) is -1.20. The monoisotopic (exact) mass is 349 g/mol. The average molecular weight is 349 g/mol. The maximum absolute atomic E-state index is 13.6. The molecule has 0 unspecified atom stereocenters. The van der Waals surface area contributed by atoms with Crippen molar-refractivity contribution in [2.45, 2.75) is 45.2 Å². The summed E-state index contributed by atoms with van der Waals surface area (Å²) in [5.41, 5.74) is 0.500. The van der Waals surface area contributed by atoms with Gasteiger partial charge in [-0.15, -0.1) is 0 Å². The van der Waals surface area contributed by atoms with E-state index in [1.54, 1.807) is 11.0 Å². The van der Waals surface area contributed by atoms with Crippen molar-refractivity contribution in [3.63, 3.8) is 0 Å². The topological polar surface area (TPSA) is 55.8 Å². The predicted octanol–water partition coefficient (Wildman–Crippen LogP) is 3.18. The second-order valence-electron chi connectivity index (χ2n) is 6.26. The molecule has 6 heteroatoms. The lowest BCUT2D eigenvalue weighted by atomic mass is 9.97. The third-order valence-corrected chi connectivity index (χ3v) is 4.41. The Hall–Kier alpha value is -2.37. The summed E-state index contributed by atoms with van der Waals surface area (Å²) in [4.78, 5) is 25.8. The van der Waals surface area contributed by atoms with Crippen LogP contribution in [0, 0.1) is 5.82 Å². The second kappa shape index (κ2) is 8.65. The molecule has 0 radical (unpaired) electrons. The Morgan fingerprint density at radius 2 is 1.96 bits per heavy atom. The van der Waals surface area contributed by atoms with Crippen LogP contribution >= 0.6 is 0 Å². The highest BCUT2D eigenvalue weighted by molar-refractivity contribution is 5.89. The molecular formula is C19H24FNO4. The number of amides is 1. The maximum Gasteiger partial charge on any atom is 0.331 e. The SMILES string of the molecule is COc1ccc(/C=C/C(=O)OCC(=O)N2[C@H](C)CCC[C@@H]2C)cc1F. The zero-order valence-corrected chi connectivity index (χ0v) is 14.8. The van der Waals surface area contributed by atoms with Gasteiger partial charge in [0.05, 0.1) is 7.11 Å². The third kappa shape index (κ3) is 5.05. The van der Waals surface area contributed by atoms with E-state index in [2.05, 4.69) is 0 Å². The van der Waals surface area contributed by atoms with E-state index in [0.717, 1.165) is 19.3 Å². The molecule has 2 atom stereocenters. The summed E-state index contributed by atoms with van der Waals surface area (Å²) in [6.45, 7) is 3.73. The molecule has 0 aromatic heterocycles. The summed E-state index contributed by atoms with van der Waals surface area (Å²) in [5, 5.41) is 0. The lowest BCUT2D eigenvalue weighted by Gasteiger charge is -2.38. The smallest absolute Gasteiger partial charge is 0.331 e. The first-order chi connectivity index (χ1) is 11.9. The Balaban J connectivity index is 1.87. The lowest BCUT2D eigenvalue weighted by molar-refractivity contribution is -0.151. The Kier molecular flexibility index (Phi) is 6.56. The van der Waals surface area contributed by atoms with Crippen molar-refractivity contribution in [1.29, 1.82) is 0 Å². The predicted molar refractivity (Wildman–Crippen MR) is 92.6 cm³/mol. The number of esters is 1. The first-order valence-electron chi connectivity index (χ1n) is 8.42. The number of likely N-dealkylation sites (tertiary alicyclic amines) is 1. The van der Waals surface area contributed by atoms with E-state index < -0.39 is 11.8 Å². The fourth-order valence-corrected chi connectivity index (χ4v) is 3.12. The summed E-state index contributed by atoms with van der Waals surface area (Å²) < 4.78 is 23.4. The van der Waals surface area contributed by atoms with Crippen LogP contribution in [0.5, 0.6) is 5.75 Å². The van der Waals surface area contributed by atoms with E-state index in [-0.39, 0.29) is 30.3 Å². The molecule has 25 heavy (non-hydrogen) atoms. The van der Waals surface area contributed by atoms with E-state index in [0.29, 0.717) is 5.56 Å². The van der Waals surface area contributed by atoms with Crippen LogP contribution in [0.15, 0.2) is 24.3 Å². The van der Waals surface area contributed by atoms with Crippen LogP contribution in [-0.4, -0.2) is 42.6 Å². The van der Waals surface area contributed by atoms with Gasteiger partial charge in [-0.05, 0) is 56.9 Å². The minimum absolute atomic E-state index is 0.134. The Labute approximate surface area is 147 Å². The number of nitrogens with zero attached hydrogens (tertiary/aromatic N) is 1. The fourth-order valence-electron chi connectivity index (χ4n) is 3.12. The highest BCUT2D eigenvalue weighted by Crippen LogP contribution is 2.22. The van der Waals surface area contributed by atoms with Gasteiger partial charge in [-0.3, -0.25) is 4.79 Å². The van der Waals surface area contributed by atoms with Gasteiger partial charge in [-0.25, -0.2) is 9.18 Å². The first-order valence-corrected chi connectivity index (χ1v) is 8.42. The molecule has 0 saturated carbocycles. The van der Waals surface area contributed by atoms with Gasteiger partial charge >= 0.3 is 5.97 Å². The van der Waals surface area contributed by atoms with E-state index in [1.807, 2.05) is 13.8 Å². The number of ether oxygens (including phenoxy) is 2. The number of methoxy groups -OCH3 is 1. The van der Waals surface area contributed by atoms with Crippen LogP contribution in [0.2, 0.25) is 0 Å². The Bertz CT molecular complexity index is 649. The van der Waals surface area contributed by atoms with Gasteiger partial charge in [0.2, 0.25) is 0 Å². The van der Waals surface area contributed by atoms with Crippen molar-refractivity contribution in [3.05, 3.63) is 35.7 Å². The number of carbonyl (C=O) groups is 2. The van der Waals surface area contributed by atoms with Gasteiger partial charge < -0.3 is 14.4 Å². The maximum atomic E-state index is 13.6. The molecule has 1 aromatic carbocycles. The van der Waals surface area contributed by atoms with Crippen molar-refractivity contribution in [2.75, 3.05) is 13.7 Å². The van der Waals surface area contributed by atoms with Crippen molar-refractivity contribution in [1.82, 2.24) is 4.90 Å². The van der Waals surface area contributed by atoms with E-state index in [4.69, 9.17) is 9.47 Å². The van der Waals surface area contributed by atoms with Crippen LogP contribution < -0.4 is 4.74 Å². The minimum atomic E-state index is -0.637. The molecule has 0 aliphatic carbocycles. The minimum Gasteiger partial charge on any atom is -0.494 e. The number of halogens is 1. The van der Waals surface area contributed by atoms with Crippen LogP contribution in [-0.2, 0) is 14.3 Å². The van der Waals surface area contributed by atoms with Crippen molar-refractivity contribution < 1.29 is 23.5 Å². The fraction of sp³-hybridized carbons (Fsp3) is 0.474. The molecular weight excluding hydrogens is 325 g/mol. The van der Waals surface area contributed by atoms with Crippen LogP contribution in [0.25, 0.3) is 6.08 Å². The highest BCUT2D eigenvalue weighted by Gasteiger charge is 2.29. The largest absolute Gasteiger partial charge is 0.494 e. The van der Waals surface area contributed by atoms with Gasteiger partial charge in [0.15, 0.2) is 18.2 Å². The summed E-state index contributed by atoms with van der Waals surface area (Å²) in [6.07, 6.45) is 5.64. The van der Waals surface area contributed by atoms with Crippen LogP contribution in [0.1, 0.15) is 38.7 Å². The molecule has 1 aromatic rings. The van der Waals surface area contributed by atoms with Crippen molar-refractivity contribution >= 4 is 18.0 Å². The number of benzene rings is 1. The van der Waals surface area contributed by atoms with Gasteiger partial charge in [0, 0.05) is 18.2 Å². The zero-order valence-electron chi connectivity index (χ0n) is 14.8. The van der Waals surface area contributed by atoms with Gasteiger partial charge in [0.1, 0.15) is 0 Å². The first kappa shape index (κ1) is 19.0. The standard InChI is InChI=1S/C19H24FNO4/c1-13-5-4-6-14(2)21(13)18(22)12-25-19(23)10-8-15-7-9-17(24-3)16(20)11-15/h7-11,13-14H,4-6,12H2,1-3H3/b10-8+/t13-,14+. The molecule has 1 saturated heterocycles. The molecule has 1 fully saturated rings. The zero-order chi connectivity index (χ0) is 18.4. The number of piperidine rings is 1. The van der Waals surface area contributed by atoms with E-state index >= 15 is 0 Å². The average Bonchev–Trinajstić information content (AvgIpc) is 2.58. The molecule has 0 spiro atoms. The molecule has 1 amide bonds. The third-order valence-electron chi connectivity index (χ3n) is 4.41. The van der Waals surface area contributed by atoms with Gasteiger partial charge in [-0.1, -0.05) is 6.07 Å². The number of rotatable bonds is 5. The highest BCUT2D eigenvalue weighted by atomic mass is 19.1. The molecule has 1 heterocycles. The molecule has 5 nitrogen and oxygen atoms in total. The summed E-state index contributed by atoms with van der Waals surface area (Å²) >= 11 is 0. The lowest BCUT2D eigenvalue weighted by Crippen LogP contribution is -2.49. The van der Waals surface area contributed by atoms with Crippen molar-refractivity contribution in [3.8, 4) is 5.75 Å². The second-order valence-corrected chi connectivity index (χ2v) is 6.26. The van der Waals surface area contributed by atoms with Gasteiger partial charge in [0.25, 0.3) is 5.91 Å². The summed E-state index contributed by atoms with van der Waals surface area (Å²) in [7, 11) is 1.38. The molecule has 2 rings (SSSR count). The van der Waals surface area contributed by atoms with Gasteiger partial charge in [-0.2, -0.15) is 0 Å². The van der Waals surface area contributed by atoms with Crippen molar-refractivity contribution in [2.24, 2.45) is 0 Å². The van der Waals surface area contributed by atoms with E-state index in [1.165, 1.54) is 31.4 Å². The quantitative estimate of drug-likeness (QED) is 0.605. The number of carbonyl (C=O) groups excluding carboxylic acids is 2.